The van der Waals surface area contributed by atoms with E-state index in [1.54, 1.807) is 17.0 Å². The summed E-state index contributed by atoms with van der Waals surface area (Å²) in [7, 11) is 0. The zero-order valence-electron chi connectivity index (χ0n) is 11.8. The predicted octanol–water partition coefficient (Wildman–Crippen LogP) is 4.06. The fourth-order valence-electron chi connectivity index (χ4n) is 2.76. The molecule has 0 atom stereocenters. The summed E-state index contributed by atoms with van der Waals surface area (Å²) in [5.74, 6) is -0.138. The molecule has 1 heterocycles. The van der Waals surface area contributed by atoms with Gasteiger partial charge in [0.05, 0.1) is 5.56 Å². The number of fused-ring (bicyclic) bond motifs is 1. The van der Waals surface area contributed by atoms with Crippen molar-refractivity contribution in [3.8, 4) is 5.75 Å². The number of benzene rings is 2. The number of rotatable bonds is 1. The molecule has 4 heteroatoms. The normalized spacial score (nSPS) is 13.9. The average molecular weight is 346 g/mol. The molecule has 0 saturated heterocycles. The van der Waals surface area contributed by atoms with Crippen molar-refractivity contribution in [2.45, 2.75) is 19.8 Å². The molecule has 0 unspecified atom stereocenters. The van der Waals surface area contributed by atoms with E-state index in [2.05, 4.69) is 28.9 Å². The van der Waals surface area contributed by atoms with Crippen molar-refractivity contribution < 1.29 is 9.90 Å². The van der Waals surface area contributed by atoms with Crippen molar-refractivity contribution in [1.29, 1.82) is 0 Å². The third kappa shape index (κ3) is 2.68. The Kier molecular flexibility index (Phi) is 3.72. The molecule has 1 N–H and O–H groups in total. The molecule has 0 radical (unpaired) electrons. The van der Waals surface area contributed by atoms with Crippen LogP contribution in [0.15, 0.2) is 40.9 Å². The molecule has 0 bridgehead atoms. The lowest BCUT2D eigenvalue weighted by molar-refractivity contribution is 0.0982. The SMILES string of the molecule is Cc1ccc2c(c1)CCCN2C(=O)c1cc(Br)ccc1O. The minimum Gasteiger partial charge on any atom is -0.507 e. The van der Waals surface area contributed by atoms with E-state index in [1.807, 2.05) is 12.1 Å². The van der Waals surface area contributed by atoms with Gasteiger partial charge in [-0.25, -0.2) is 0 Å². The average Bonchev–Trinajstić information content (AvgIpc) is 2.48. The first-order valence-corrected chi connectivity index (χ1v) is 7.75. The number of phenols is 1. The highest BCUT2D eigenvalue weighted by Gasteiger charge is 2.25. The van der Waals surface area contributed by atoms with Gasteiger partial charge in [0, 0.05) is 16.7 Å². The third-order valence-corrected chi connectivity index (χ3v) is 4.28. The second-order valence-electron chi connectivity index (χ2n) is 5.35. The van der Waals surface area contributed by atoms with Crippen molar-refractivity contribution in [3.05, 3.63) is 57.6 Å². The van der Waals surface area contributed by atoms with Gasteiger partial charge in [-0.3, -0.25) is 4.79 Å². The highest BCUT2D eigenvalue weighted by atomic mass is 79.9. The number of amides is 1. The summed E-state index contributed by atoms with van der Waals surface area (Å²) in [6.07, 6.45) is 1.93. The number of anilines is 1. The number of hydrogen-bond acceptors (Lipinski definition) is 2. The maximum Gasteiger partial charge on any atom is 0.262 e. The van der Waals surface area contributed by atoms with Crippen molar-refractivity contribution in [1.82, 2.24) is 0 Å². The molecule has 1 amide bonds. The van der Waals surface area contributed by atoms with Gasteiger partial charge in [0.1, 0.15) is 5.75 Å². The van der Waals surface area contributed by atoms with Crippen molar-refractivity contribution in [3.63, 3.8) is 0 Å². The monoisotopic (exact) mass is 345 g/mol. The molecule has 108 valence electrons. The van der Waals surface area contributed by atoms with E-state index in [0.29, 0.717) is 12.1 Å². The van der Waals surface area contributed by atoms with Crippen LogP contribution in [0.2, 0.25) is 0 Å². The van der Waals surface area contributed by atoms with E-state index in [1.165, 1.54) is 17.2 Å². The summed E-state index contributed by atoms with van der Waals surface area (Å²) in [6, 6.07) is 11.1. The van der Waals surface area contributed by atoms with Crippen LogP contribution in [-0.4, -0.2) is 17.6 Å². The standard InChI is InChI=1S/C17H16BrNO2/c1-11-4-6-15-12(9-11)3-2-8-19(15)17(21)14-10-13(18)5-7-16(14)20/h4-7,9-10,20H,2-3,8H2,1H3. The van der Waals surface area contributed by atoms with Crippen LogP contribution in [0.5, 0.6) is 5.75 Å². The number of phenolic OH excluding ortho intramolecular Hbond substituents is 1. The van der Waals surface area contributed by atoms with Crippen molar-refractivity contribution in [2.75, 3.05) is 11.4 Å². The summed E-state index contributed by atoms with van der Waals surface area (Å²) < 4.78 is 0.782. The molecule has 0 aliphatic carbocycles. The van der Waals surface area contributed by atoms with Crippen LogP contribution in [0.3, 0.4) is 0 Å². The summed E-state index contributed by atoms with van der Waals surface area (Å²) in [6.45, 7) is 2.74. The van der Waals surface area contributed by atoms with Gasteiger partial charge in [0.25, 0.3) is 5.91 Å². The number of carbonyl (C=O) groups excluding carboxylic acids is 1. The molecule has 1 aliphatic heterocycles. The Balaban J connectivity index is 2.02. The van der Waals surface area contributed by atoms with Gasteiger partial charge < -0.3 is 10.0 Å². The molecule has 2 aromatic rings. The van der Waals surface area contributed by atoms with Crippen LogP contribution in [0.4, 0.5) is 5.69 Å². The van der Waals surface area contributed by atoms with Gasteiger partial charge in [-0.05, 0) is 49.6 Å². The minimum absolute atomic E-state index is 0.0161. The topological polar surface area (TPSA) is 40.5 Å². The van der Waals surface area contributed by atoms with Gasteiger partial charge in [-0.2, -0.15) is 0 Å². The lowest BCUT2D eigenvalue weighted by Gasteiger charge is -2.30. The van der Waals surface area contributed by atoms with Crippen LogP contribution in [0.25, 0.3) is 0 Å². The van der Waals surface area contributed by atoms with Crippen molar-refractivity contribution in [2.24, 2.45) is 0 Å². The number of nitrogens with zero attached hydrogens (tertiary/aromatic N) is 1. The lowest BCUT2D eigenvalue weighted by atomic mass is 9.98. The first kappa shape index (κ1) is 14.1. The molecule has 0 fully saturated rings. The van der Waals surface area contributed by atoms with Crippen LogP contribution in [-0.2, 0) is 6.42 Å². The van der Waals surface area contributed by atoms with Crippen LogP contribution >= 0.6 is 15.9 Å². The Morgan fingerprint density at radius 2 is 2.05 bits per heavy atom. The van der Waals surface area contributed by atoms with Gasteiger partial charge >= 0.3 is 0 Å². The zero-order valence-corrected chi connectivity index (χ0v) is 13.4. The quantitative estimate of drug-likeness (QED) is 0.846. The zero-order chi connectivity index (χ0) is 15.0. The van der Waals surface area contributed by atoms with E-state index in [-0.39, 0.29) is 11.7 Å². The number of aromatic hydroxyl groups is 1. The Hall–Kier alpha value is -1.81. The number of halogens is 1. The molecule has 0 spiro atoms. The highest BCUT2D eigenvalue weighted by molar-refractivity contribution is 9.10. The van der Waals surface area contributed by atoms with E-state index in [9.17, 15) is 9.90 Å². The van der Waals surface area contributed by atoms with Gasteiger partial charge in [-0.15, -0.1) is 0 Å². The maximum atomic E-state index is 12.8. The molecule has 3 rings (SSSR count). The Labute approximate surface area is 132 Å². The lowest BCUT2D eigenvalue weighted by Crippen LogP contribution is -2.35. The van der Waals surface area contributed by atoms with Crippen molar-refractivity contribution >= 4 is 27.5 Å². The molecule has 0 saturated carbocycles. The number of hydrogen-bond donors (Lipinski definition) is 1. The van der Waals surface area contributed by atoms with E-state index >= 15 is 0 Å². The summed E-state index contributed by atoms with van der Waals surface area (Å²) in [5.41, 5.74) is 3.69. The van der Waals surface area contributed by atoms with Gasteiger partial charge in [-0.1, -0.05) is 33.6 Å². The summed E-state index contributed by atoms with van der Waals surface area (Å²) >= 11 is 3.35. The largest absolute Gasteiger partial charge is 0.507 e. The van der Waals surface area contributed by atoms with E-state index in [0.717, 1.165) is 23.0 Å². The van der Waals surface area contributed by atoms with Crippen LogP contribution in [0, 0.1) is 6.92 Å². The fourth-order valence-corrected chi connectivity index (χ4v) is 3.12. The molecule has 21 heavy (non-hydrogen) atoms. The third-order valence-electron chi connectivity index (χ3n) is 3.79. The Bertz CT molecular complexity index is 712. The summed E-state index contributed by atoms with van der Waals surface area (Å²) in [4.78, 5) is 14.5. The predicted molar refractivity (Wildman–Crippen MR) is 87.0 cm³/mol. The molecule has 0 aromatic heterocycles. The van der Waals surface area contributed by atoms with Gasteiger partial charge in [0.2, 0.25) is 0 Å². The molecule has 3 nitrogen and oxygen atoms in total. The maximum absolute atomic E-state index is 12.8. The number of aryl methyl sites for hydroxylation is 2. The molecule has 2 aromatic carbocycles. The molecular weight excluding hydrogens is 330 g/mol. The first-order valence-electron chi connectivity index (χ1n) is 6.96. The smallest absolute Gasteiger partial charge is 0.262 e. The van der Waals surface area contributed by atoms with E-state index in [4.69, 9.17) is 0 Å². The van der Waals surface area contributed by atoms with Gasteiger partial charge in [0.15, 0.2) is 0 Å². The summed E-state index contributed by atoms with van der Waals surface area (Å²) in [5, 5.41) is 9.96. The number of carbonyl (C=O) groups is 1. The van der Waals surface area contributed by atoms with E-state index < -0.39 is 0 Å². The highest BCUT2D eigenvalue weighted by Crippen LogP contribution is 2.31. The molecular formula is C17H16BrNO2. The Morgan fingerprint density at radius 1 is 1.24 bits per heavy atom. The van der Waals surface area contributed by atoms with Crippen LogP contribution < -0.4 is 4.90 Å². The van der Waals surface area contributed by atoms with Crippen LogP contribution in [0.1, 0.15) is 27.9 Å². The second-order valence-corrected chi connectivity index (χ2v) is 6.27. The second kappa shape index (κ2) is 5.53. The Morgan fingerprint density at radius 3 is 2.86 bits per heavy atom. The minimum atomic E-state index is -0.154. The fraction of sp³-hybridized carbons (Fsp3) is 0.235. The first-order chi connectivity index (χ1) is 10.1. The molecule has 1 aliphatic rings.